The van der Waals surface area contributed by atoms with E-state index < -0.39 is 5.97 Å². The predicted octanol–water partition coefficient (Wildman–Crippen LogP) is 2.15. The van der Waals surface area contributed by atoms with Crippen LogP contribution in [0.4, 0.5) is 5.00 Å². The van der Waals surface area contributed by atoms with Gasteiger partial charge >= 0.3 is 5.97 Å². The maximum Gasteiger partial charge on any atom is 0.340 e. The zero-order valence-electron chi connectivity index (χ0n) is 11.6. The van der Waals surface area contributed by atoms with Crippen LogP contribution in [0.3, 0.4) is 0 Å². The van der Waals surface area contributed by atoms with Gasteiger partial charge in [0.05, 0.1) is 5.69 Å². The van der Waals surface area contributed by atoms with Crippen molar-refractivity contribution >= 4 is 22.5 Å². The van der Waals surface area contributed by atoms with Crippen LogP contribution in [0.2, 0.25) is 0 Å². The number of aromatic carboxylic acids is 1. The SMILES string of the molecule is Cc1nsc(NCC(C)(C)CN(C)C)c1C(=O)O. The Kier molecular flexibility index (Phi) is 4.70. The summed E-state index contributed by atoms with van der Waals surface area (Å²) in [5, 5.41) is 13.0. The molecule has 6 heteroatoms. The minimum Gasteiger partial charge on any atom is -0.478 e. The Hall–Kier alpha value is -1.14. The Morgan fingerprint density at radius 1 is 1.50 bits per heavy atom. The van der Waals surface area contributed by atoms with Gasteiger partial charge in [0.25, 0.3) is 0 Å². The second-order valence-electron chi connectivity index (χ2n) is 5.53. The van der Waals surface area contributed by atoms with Gasteiger partial charge in [-0.25, -0.2) is 4.79 Å². The molecule has 0 atom stereocenters. The summed E-state index contributed by atoms with van der Waals surface area (Å²) in [5.74, 6) is -0.922. The molecule has 0 unspecified atom stereocenters. The lowest BCUT2D eigenvalue weighted by atomic mass is 9.93. The van der Waals surface area contributed by atoms with Gasteiger partial charge < -0.3 is 15.3 Å². The van der Waals surface area contributed by atoms with E-state index in [1.54, 1.807) is 6.92 Å². The number of hydrogen-bond acceptors (Lipinski definition) is 5. The fourth-order valence-electron chi connectivity index (χ4n) is 1.97. The number of nitrogens with one attached hydrogen (secondary N) is 1. The highest BCUT2D eigenvalue weighted by Crippen LogP contribution is 2.26. The Morgan fingerprint density at radius 3 is 2.61 bits per heavy atom. The van der Waals surface area contributed by atoms with Gasteiger partial charge in [-0.15, -0.1) is 0 Å². The summed E-state index contributed by atoms with van der Waals surface area (Å²) in [6, 6.07) is 0. The molecule has 1 aromatic heterocycles. The molecule has 0 amide bonds. The third kappa shape index (κ3) is 3.96. The molecule has 102 valence electrons. The molecule has 0 fully saturated rings. The zero-order valence-corrected chi connectivity index (χ0v) is 12.4. The smallest absolute Gasteiger partial charge is 0.340 e. The standard InChI is InChI=1S/C12H21N3O2S/c1-8-9(11(16)17)10(18-14-8)13-6-12(2,3)7-15(4)5/h13H,6-7H2,1-5H3,(H,16,17). The largest absolute Gasteiger partial charge is 0.478 e. The zero-order chi connectivity index (χ0) is 13.9. The van der Waals surface area contributed by atoms with Crippen LogP contribution in [0, 0.1) is 12.3 Å². The molecular formula is C12H21N3O2S. The highest BCUT2D eigenvalue weighted by Gasteiger charge is 2.22. The van der Waals surface area contributed by atoms with Crippen LogP contribution in [0.5, 0.6) is 0 Å². The number of hydrogen-bond donors (Lipinski definition) is 2. The predicted molar refractivity (Wildman–Crippen MR) is 74.6 cm³/mol. The van der Waals surface area contributed by atoms with Crippen molar-refractivity contribution in [3.63, 3.8) is 0 Å². The normalized spacial score (nSPS) is 11.9. The highest BCUT2D eigenvalue weighted by molar-refractivity contribution is 7.10. The van der Waals surface area contributed by atoms with E-state index >= 15 is 0 Å². The van der Waals surface area contributed by atoms with E-state index in [4.69, 9.17) is 5.11 Å². The van der Waals surface area contributed by atoms with Crippen molar-refractivity contribution < 1.29 is 9.90 Å². The van der Waals surface area contributed by atoms with Gasteiger partial charge in [0.15, 0.2) is 0 Å². The van der Waals surface area contributed by atoms with Crippen LogP contribution < -0.4 is 5.32 Å². The van der Waals surface area contributed by atoms with Crippen LogP contribution in [-0.2, 0) is 0 Å². The fraction of sp³-hybridized carbons (Fsp3) is 0.667. The Balaban J connectivity index is 2.72. The maximum atomic E-state index is 11.1. The Labute approximate surface area is 112 Å². The molecule has 0 saturated heterocycles. The summed E-state index contributed by atoms with van der Waals surface area (Å²) < 4.78 is 4.09. The molecule has 18 heavy (non-hydrogen) atoms. The van der Waals surface area contributed by atoms with Crippen LogP contribution >= 0.6 is 11.5 Å². The molecule has 0 aliphatic carbocycles. The average molecular weight is 271 g/mol. The van der Waals surface area contributed by atoms with Crippen molar-refractivity contribution in [2.75, 3.05) is 32.5 Å². The summed E-state index contributed by atoms with van der Waals surface area (Å²) in [6.07, 6.45) is 0. The quantitative estimate of drug-likeness (QED) is 0.830. The number of carboxylic acids is 1. The molecule has 0 bridgehead atoms. The van der Waals surface area contributed by atoms with E-state index in [1.165, 1.54) is 11.5 Å². The maximum absolute atomic E-state index is 11.1. The van der Waals surface area contributed by atoms with Crippen molar-refractivity contribution in [1.82, 2.24) is 9.27 Å². The van der Waals surface area contributed by atoms with Gasteiger partial charge in [0.1, 0.15) is 10.6 Å². The molecule has 0 aromatic carbocycles. The van der Waals surface area contributed by atoms with E-state index in [0.717, 1.165) is 6.54 Å². The first kappa shape index (κ1) is 14.9. The lowest BCUT2D eigenvalue weighted by Crippen LogP contribution is -2.34. The first-order chi connectivity index (χ1) is 8.23. The average Bonchev–Trinajstić information content (AvgIpc) is 2.54. The summed E-state index contributed by atoms with van der Waals surface area (Å²) in [7, 11) is 4.06. The molecular weight excluding hydrogens is 250 g/mol. The van der Waals surface area contributed by atoms with E-state index in [1.807, 2.05) is 14.1 Å². The Morgan fingerprint density at radius 2 is 2.11 bits per heavy atom. The molecule has 0 aliphatic heterocycles. The minimum atomic E-state index is -0.922. The number of aromatic nitrogens is 1. The van der Waals surface area contributed by atoms with E-state index in [0.29, 0.717) is 22.8 Å². The number of anilines is 1. The summed E-state index contributed by atoms with van der Waals surface area (Å²) in [6.45, 7) is 7.66. The Bertz CT molecular complexity index is 427. The van der Waals surface area contributed by atoms with Gasteiger partial charge in [0, 0.05) is 13.1 Å². The van der Waals surface area contributed by atoms with Gasteiger partial charge in [-0.05, 0) is 38.0 Å². The van der Waals surface area contributed by atoms with Crippen LogP contribution in [-0.4, -0.2) is 47.5 Å². The molecule has 5 nitrogen and oxygen atoms in total. The fourth-order valence-corrected chi connectivity index (χ4v) is 2.76. The topological polar surface area (TPSA) is 65.5 Å². The van der Waals surface area contributed by atoms with Crippen molar-refractivity contribution in [3.8, 4) is 0 Å². The number of nitrogens with zero attached hydrogens (tertiary/aromatic N) is 2. The first-order valence-electron chi connectivity index (χ1n) is 5.81. The van der Waals surface area contributed by atoms with Gasteiger partial charge in [-0.2, -0.15) is 4.37 Å². The van der Waals surface area contributed by atoms with E-state index in [2.05, 4.69) is 28.4 Å². The number of rotatable bonds is 6. The van der Waals surface area contributed by atoms with Crippen molar-refractivity contribution in [1.29, 1.82) is 0 Å². The third-order valence-electron chi connectivity index (χ3n) is 2.55. The van der Waals surface area contributed by atoms with Gasteiger partial charge in [-0.3, -0.25) is 0 Å². The molecule has 0 radical (unpaired) electrons. The van der Waals surface area contributed by atoms with Crippen molar-refractivity contribution in [3.05, 3.63) is 11.3 Å². The van der Waals surface area contributed by atoms with E-state index in [-0.39, 0.29) is 5.41 Å². The summed E-state index contributed by atoms with van der Waals surface area (Å²) in [4.78, 5) is 13.2. The number of aryl methyl sites for hydroxylation is 1. The third-order valence-corrected chi connectivity index (χ3v) is 3.44. The molecule has 0 spiro atoms. The van der Waals surface area contributed by atoms with Crippen molar-refractivity contribution in [2.24, 2.45) is 5.41 Å². The highest BCUT2D eigenvalue weighted by atomic mass is 32.1. The monoisotopic (exact) mass is 271 g/mol. The summed E-state index contributed by atoms with van der Waals surface area (Å²) in [5.41, 5.74) is 0.929. The van der Waals surface area contributed by atoms with E-state index in [9.17, 15) is 4.79 Å². The van der Waals surface area contributed by atoms with Crippen LogP contribution in [0.25, 0.3) is 0 Å². The number of carboxylic acid groups (broad SMARTS) is 1. The molecule has 1 rings (SSSR count). The van der Waals surface area contributed by atoms with Crippen LogP contribution in [0.1, 0.15) is 29.9 Å². The van der Waals surface area contributed by atoms with Crippen molar-refractivity contribution in [2.45, 2.75) is 20.8 Å². The van der Waals surface area contributed by atoms with Gasteiger partial charge in [-0.1, -0.05) is 13.8 Å². The van der Waals surface area contributed by atoms with Gasteiger partial charge in [0.2, 0.25) is 0 Å². The molecule has 2 N–H and O–H groups in total. The number of carbonyl (C=O) groups is 1. The molecule has 0 aliphatic rings. The molecule has 0 saturated carbocycles. The molecule has 1 heterocycles. The lowest BCUT2D eigenvalue weighted by Gasteiger charge is -2.28. The second kappa shape index (κ2) is 5.67. The lowest BCUT2D eigenvalue weighted by molar-refractivity contribution is 0.0697. The van der Waals surface area contributed by atoms with Crippen LogP contribution in [0.15, 0.2) is 0 Å². The minimum absolute atomic E-state index is 0.0666. The first-order valence-corrected chi connectivity index (χ1v) is 6.58. The summed E-state index contributed by atoms with van der Waals surface area (Å²) >= 11 is 1.21. The second-order valence-corrected chi connectivity index (χ2v) is 6.31. The molecule has 1 aromatic rings.